The van der Waals surface area contributed by atoms with Crippen molar-refractivity contribution >= 4 is 12.4 Å². The number of aromatic nitrogens is 2. The van der Waals surface area contributed by atoms with Crippen LogP contribution in [0.25, 0.3) is 11.1 Å². The highest BCUT2D eigenvalue weighted by Gasteiger charge is 2.06. The molecule has 0 aliphatic carbocycles. The van der Waals surface area contributed by atoms with E-state index in [1.54, 1.807) is 0 Å². The SMILES string of the molecule is CCn1cc(-c2cccc(CN)c2C)cn1.Cl. The van der Waals surface area contributed by atoms with E-state index in [0.29, 0.717) is 6.54 Å². The van der Waals surface area contributed by atoms with Gasteiger partial charge in [0.25, 0.3) is 0 Å². The van der Waals surface area contributed by atoms with Crippen LogP contribution in [0.5, 0.6) is 0 Å². The van der Waals surface area contributed by atoms with Crippen molar-refractivity contribution in [1.29, 1.82) is 0 Å². The van der Waals surface area contributed by atoms with Crippen molar-refractivity contribution in [1.82, 2.24) is 9.78 Å². The Morgan fingerprint density at radius 3 is 2.71 bits per heavy atom. The maximum Gasteiger partial charge on any atom is 0.0568 e. The van der Waals surface area contributed by atoms with Gasteiger partial charge >= 0.3 is 0 Å². The van der Waals surface area contributed by atoms with Gasteiger partial charge in [-0.05, 0) is 30.5 Å². The Hall–Kier alpha value is -1.32. The van der Waals surface area contributed by atoms with E-state index >= 15 is 0 Å². The first kappa shape index (κ1) is 13.7. The highest BCUT2D eigenvalue weighted by molar-refractivity contribution is 5.85. The van der Waals surface area contributed by atoms with Gasteiger partial charge in [0.05, 0.1) is 6.20 Å². The normalized spacial score (nSPS) is 10.1. The summed E-state index contributed by atoms with van der Waals surface area (Å²) in [6.07, 6.45) is 3.98. The number of halogens is 1. The highest BCUT2D eigenvalue weighted by Crippen LogP contribution is 2.24. The van der Waals surface area contributed by atoms with Crippen LogP contribution in [0.1, 0.15) is 18.1 Å². The Morgan fingerprint density at radius 1 is 1.35 bits per heavy atom. The van der Waals surface area contributed by atoms with Crippen LogP contribution >= 0.6 is 12.4 Å². The van der Waals surface area contributed by atoms with Gasteiger partial charge in [-0.3, -0.25) is 4.68 Å². The number of rotatable bonds is 3. The molecule has 1 heterocycles. The molecule has 0 aliphatic rings. The molecule has 3 nitrogen and oxygen atoms in total. The van der Waals surface area contributed by atoms with Crippen molar-refractivity contribution in [2.45, 2.75) is 26.9 Å². The lowest BCUT2D eigenvalue weighted by atomic mass is 9.99. The van der Waals surface area contributed by atoms with E-state index in [0.717, 1.165) is 12.1 Å². The van der Waals surface area contributed by atoms with Crippen LogP contribution in [0.3, 0.4) is 0 Å². The van der Waals surface area contributed by atoms with Crippen LogP contribution in [0.15, 0.2) is 30.6 Å². The number of aryl methyl sites for hydroxylation is 1. The first-order chi connectivity index (χ1) is 7.76. The van der Waals surface area contributed by atoms with Gasteiger partial charge in [-0.2, -0.15) is 5.10 Å². The van der Waals surface area contributed by atoms with E-state index in [1.807, 2.05) is 16.9 Å². The molecule has 1 aromatic carbocycles. The van der Waals surface area contributed by atoms with E-state index in [4.69, 9.17) is 5.73 Å². The minimum absolute atomic E-state index is 0. The van der Waals surface area contributed by atoms with Gasteiger partial charge in [0.2, 0.25) is 0 Å². The number of nitrogens with two attached hydrogens (primary N) is 1. The summed E-state index contributed by atoms with van der Waals surface area (Å²) in [5.41, 5.74) is 10.5. The number of hydrogen-bond donors (Lipinski definition) is 1. The first-order valence-corrected chi connectivity index (χ1v) is 5.57. The molecule has 17 heavy (non-hydrogen) atoms. The monoisotopic (exact) mass is 251 g/mol. The van der Waals surface area contributed by atoms with Crippen LogP contribution in [0.2, 0.25) is 0 Å². The predicted molar refractivity (Wildman–Crippen MR) is 73.2 cm³/mol. The maximum absolute atomic E-state index is 5.71. The van der Waals surface area contributed by atoms with E-state index < -0.39 is 0 Å². The molecule has 0 spiro atoms. The lowest BCUT2D eigenvalue weighted by molar-refractivity contribution is 0.660. The third-order valence-electron chi connectivity index (χ3n) is 2.93. The molecule has 0 unspecified atom stereocenters. The van der Waals surface area contributed by atoms with Gasteiger partial charge < -0.3 is 5.73 Å². The topological polar surface area (TPSA) is 43.8 Å². The lowest BCUT2D eigenvalue weighted by Crippen LogP contribution is -1.99. The van der Waals surface area contributed by atoms with Crippen molar-refractivity contribution in [3.8, 4) is 11.1 Å². The summed E-state index contributed by atoms with van der Waals surface area (Å²) in [5.74, 6) is 0. The summed E-state index contributed by atoms with van der Waals surface area (Å²) in [6.45, 7) is 5.68. The van der Waals surface area contributed by atoms with Gasteiger partial charge in [-0.25, -0.2) is 0 Å². The standard InChI is InChI=1S/C13H17N3.ClH/c1-3-16-9-12(8-15-16)13-6-4-5-11(7-14)10(13)2;/h4-6,8-9H,3,7,14H2,1-2H3;1H. The molecule has 0 bridgehead atoms. The molecule has 2 rings (SSSR count). The Morgan fingerprint density at radius 2 is 2.12 bits per heavy atom. The summed E-state index contributed by atoms with van der Waals surface area (Å²) in [6, 6.07) is 6.24. The van der Waals surface area contributed by atoms with Crippen LogP contribution in [0.4, 0.5) is 0 Å². The van der Waals surface area contributed by atoms with Crippen molar-refractivity contribution in [2.75, 3.05) is 0 Å². The second-order valence-electron chi connectivity index (χ2n) is 3.88. The van der Waals surface area contributed by atoms with Crippen LogP contribution in [-0.2, 0) is 13.1 Å². The molecule has 0 amide bonds. The molecule has 0 radical (unpaired) electrons. The smallest absolute Gasteiger partial charge is 0.0568 e. The van der Waals surface area contributed by atoms with Gasteiger partial charge in [-0.15, -0.1) is 12.4 Å². The fourth-order valence-electron chi connectivity index (χ4n) is 1.89. The maximum atomic E-state index is 5.71. The minimum Gasteiger partial charge on any atom is -0.326 e. The highest BCUT2D eigenvalue weighted by atomic mass is 35.5. The third kappa shape index (κ3) is 2.68. The zero-order chi connectivity index (χ0) is 11.5. The fourth-order valence-corrected chi connectivity index (χ4v) is 1.89. The Balaban J connectivity index is 0.00000144. The van der Waals surface area contributed by atoms with Crippen molar-refractivity contribution in [3.05, 3.63) is 41.7 Å². The summed E-state index contributed by atoms with van der Waals surface area (Å²) in [7, 11) is 0. The zero-order valence-electron chi connectivity index (χ0n) is 10.2. The van der Waals surface area contributed by atoms with Gasteiger partial charge in [0.1, 0.15) is 0 Å². The predicted octanol–water partition coefficient (Wildman–Crippen LogP) is 2.76. The first-order valence-electron chi connectivity index (χ1n) is 5.57. The lowest BCUT2D eigenvalue weighted by Gasteiger charge is -2.07. The Kier molecular flexibility index (Phi) is 4.73. The van der Waals surface area contributed by atoms with Gasteiger partial charge in [0.15, 0.2) is 0 Å². The second kappa shape index (κ2) is 5.84. The van der Waals surface area contributed by atoms with E-state index in [1.165, 1.54) is 16.7 Å². The van der Waals surface area contributed by atoms with Crippen molar-refractivity contribution in [2.24, 2.45) is 5.73 Å². The number of nitrogens with zero attached hydrogens (tertiary/aromatic N) is 2. The summed E-state index contributed by atoms with van der Waals surface area (Å²) in [4.78, 5) is 0. The molecular formula is C13H18ClN3. The molecule has 2 aromatic rings. The fraction of sp³-hybridized carbons (Fsp3) is 0.308. The van der Waals surface area contributed by atoms with Crippen LogP contribution < -0.4 is 5.73 Å². The summed E-state index contributed by atoms with van der Waals surface area (Å²) >= 11 is 0. The molecule has 1 aromatic heterocycles. The largest absolute Gasteiger partial charge is 0.326 e. The Labute approximate surface area is 108 Å². The average molecular weight is 252 g/mol. The molecule has 92 valence electrons. The summed E-state index contributed by atoms with van der Waals surface area (Å²) < 4.78 is 1.93. The van der Waals surface area contributed by atoms with Crippen LogP contribution in [0, 0.1) is 6.92 Å². The van der Waals surface area contributed by atoms with E-state index in [2.05, 4.69) is 37.3 Å². The van der Waals surface area contributed by atoms with Gasteiger partial charge in [0, 0.05) is 24.8 Å². The van der Waals surface area contributed by atoms with E-state index in [-0.39, 0.29) is 12.4 Å². The molecule has 0 saturated heterocycles. The average Bonchev–Trinajstić information content (AvgIpc) is 2.78. The van der Waals surface area contributed by atoms with Crippen molar-refractivity contribution in [3.63, 3.8) is 0 Å². The second-order valence-corrected chi connectivity index (χ2v) is 3.88. The van der Waals surface area contributed by atoms with Crippen molar-refractivity contribution < 1.29 is 0 Å². The minimum atomic E-state index is 0. The molecule has 0 aliphatic heterocycles. The van der Waals surface area contributed by atoms with E-state index in [9.17, 15) is 0 Å². The quantitative estimate of drug-likeness (QED) is 0.912. The molecule has 0 atom stereocenters. The van der Waals surface area contributed by atoms with Gasteiger partial charge in [-0.1, -0.05) is 18.2 Å². The molecule has 0 saturated carbocycles. The molecule has 2 N–H and O–H groups in total. The number of hydrogen-bond acceptors (Lipinski definition) is 2. The molecular weight excluding hydrogens is 234 g/mol. The molecule has 4 heteroatoms. The number of benzene rings is 1. The zero-order valence-corrected chi connectivity index (χ0v) is 11.0. The van der Waals surface area contributed by atoms with Crippen LogP contribution in [-0.4, -0.2) is 9.78 Å². The summed E-state index contributed by atoms with van der Waals surface area (Å²) in [5, 5.41) is 4.29. The Bertz CT molecular complexity index is 491. The molecule has 0 fully saturated rings. The third-order valence-corrected chi connectivity index (χ3v) is 2.93.